The maximum Gasteiger partial charge on any atom is 0.250 e. The highest BCUT2D eigenvalue weighted by Crippen LogP contribution is 2.28. The van der Waals surface area contributed by atoms with Gasteiger partial charge in [0.1, 0.15) is 11.6 Å². The Hall–Kier alpha value is -2.74. The highest BCUT2D eigenvalue weighted by molar-refractivity contribution is 6.30. The first-order chi connectivity index (χ1) is 15.5. The number of benzene rings is 1. The molecule has 32 heavy (non-hydrogen) atoms. The quantitative estimate of drug-likeness (QED) is 0.450. The van der Waals surface area contributed by atoms with E-state index in [1.807, 2.05) is 0 Å². The molecule has 1 aliphatic rings. The van der Waals surface area contributed by atoms with Gasteiger partial charge >= 0.3 is 0 Å². The standard InChI is InChI=1S/C23H27ClFN5O2/c1-15(11-17-5-8-30(9-6-17)23-26-13-18(24)14-27-23)7-10-31-19-3-4-20(21(25)12-19)22-29-28-16(2)32-22/h3-4,12-15,17H,5-11H2,1-2H3/t15-/m0/s1. The number of halogens is 2. The number of hydrogen-bond donors (Lipinski definition) is 0. The van der Waals surface area contributed by atoms with Crippen LogP contribution in [0.2, 0.25) is 5.02 Å². The van der Waals surface area contributed by atoms with Gasteiger partial charge in [-0.1, -0.05) is 18.5 Å². The molecule has 0 bridgehead atoms. The van der Waals surface area contributed by atoms with Crippen LogP contribution in [0.25, 0.3) is 11.5 Å². The first kappa shape index (κ1) is 22.5. The maximum absolute atomic E-state index is 14.4. The average Bonchev–Trinajstić information content (AvgIpc) is 3.21. The minimum atomic E-state index is -0.435. The molecule has 4 rings (SSSR count). The van der Waals surface area contributed by atoms with Crippen LogP contribution in [0.5, 0.6) is 5.75 Å². The third-order valence-corrected chi connectivity index (χ3v) is 6.01. The maximum atomic E-state index is 14.4. The molecule has 0 radical (unpaired) electrons. The van der Waals surface area contributed by atoms with Crippen molar-refractivity contribution in [3.05, 3.63) is 47.3 Å². The fraction of sp³-hybridized carbons (Fsp3) is 0.478. The van der Waals surface area contributed by atoms with Gasteiger partial charge in [-0.2, -0.15) is 0 Å². The van der Waals surface area contributed by atoms with Crippen LogP contribution >= 0.6 is 11.6 Å². The van der Waals surface area contributed by atoms with Crippen molar-refractivity contribution in [2.75, 3.05) is 24.6 Å². The molecule has 3 heterocycles. The SMILES string of the molecule is Cc1nnc(-c2ccc(OCC[C@H](C)CC3CCN(c4ncc(Cl)cn4)CC3)cc2F)o1. The van der Waals surface area contributed by atoms with Gasteiger partial charge in [-0.05, 0) is 49.7 Å². The Bertz CT molecular complexity index is 1020. The molecule has 3 aromatic rings. The number of rotatable bonds is 8. The van der Waals surface area contributed by atoms with Gasteiger partial charge in [0.05, 0.1) is 29.6 Å². The summed E-state index contributed by atoms with van der Waals surface area (Å²) in [7, 11) is 0. The molecular formula is C23H27ClFN5O2. The zero-order valence-electron chi connectivity index (χ0n) is 18.3. The van der Waals surface area contributed by atoms with Crippen molar-refractivity contribution < 1.29 is 13.5 Å². The first-order valence-corrected chi connectivity index (χ1v) is 11.3. The van der Waals surface area contributed by atoms with Crippen molar-refractivity contribution in [1.29, 1.82) is 0 Å². The fourth-order valence-electron chi connectivity index (χ4n) is 4.07. The van der Waals surface area contributed by atoms with Crippen molar-refractivity contribution in [3.8, 4) is 17.2 Å². The molecule has 7 nitrogen and oxygen atoms in total. The van der Waals surface area contributed by atoms with Gasteiger partial charge in [0, 0.05) is 26.1 Å². The molecule has 0 N–H and O–H groups in total. The summed E-state index contributed by atoms with van der Waals surface area (Å²) in [6.45, 7) is 6.39. The van der Waals surface area contributed by atoms with Gasteiger partial charge in [-0.25, -0.2) is 14.4 Å². The average molecular weight is 460 g/mol. The molecule has 0 aliphatic carbocycles. The third-order valence-electron chi connectivity index (χ3n) is 5.82. The van der Waals surface area contributed by atoms with E-state index in [0.717, 1.165) is 44.7 Å². The van der Waals surface area contributed by atoms with Crippen molar-refractivity contribution >= 4 is 17.5 Å². The Morgan fingerprint density at radius 2 is 1.97 bits per heavy atom. The summed E-state index contributed by atoms with van der Waals surface area (Å²) in [5, 5.41) is 8.15. The van der Waals surface area contributed by atoms with E-state index in [9.17, 15) is 4.39 Å². The Balaban J connectivity index is 1.19. The number of nitrogens with zero attached hydrogens (tertiary/aromatic N) is 5. The predicted molar refractivity (Wildman–Crippen MR) is 120 cm³/mol. The molecule has 9 heteroatoms. The minimum absolute atomic E-state index is 0.175. The van der Waals surface area contributed by atoms with Crippen molar-refractivity contribution in [3.63, 3.8) is 0 Å². The van der Waals surface area contributed by atoms with Crippen molar-refractivity contribution in [1.82, 2.24) is 20.2 Å². The normalized spacial score (nSPS) is 15.7. The Morgan fingerprint density at radius 3 is 2.62 bits per heavy atom. The van der Waals surface area contributed by atoms with Crippen LogP contribution in [0.1, 0.15) is 38.5 Å². The van der Waals surface area contributed by atoms with E-state index in [4.69, 9.17) is 20.8 Å². The molecule has 0 saturated carbocycles. The molecule has 1 aromatic carbocycles. The smallest absolute Gasteiger partial charge is 0.250 e. The Labute approximate surface area is 192 Å². The topological polar surface area (TPSA) is 77.2 Å². The molecule has 1 atom stereocenters. The second-order valence-electron chi connectivity index (χ2n) is 8.38. The van der Waals surface area contributed by atoms with Crippen LogP contribution in [-0.2, 0) is 0 Å². The molecule has 0 unspecified atom stereocenters. The lowest BCUT2D eigenvalue weighted by atomic mass is 9.87. The van der Waals surface area contributed by atoms with Crippen LogP contribution in [-0.4, -0.2) is 39.9 Å². The number of anilines is 1. The lowest BCUT2D eigenvalue weighted by Gasteiger charge is -2.33. The van der Waals surface area contributed by atoms with Crippen LogP contribution in [0.3, 0.4) is 0 Å². The van der Waals surface area contributed by atoms with Crippen LogP contribution in [0.15, 0.2) is 35.0 Å². The van der Waals surface area contributed by atoms with Crippen LogP contribution in [0, 0.1) is 24.6 Å². The van der Waals surface area contributed by atoms with E-state index in [0.29, 0.717) is 35.1 Å². The minimum Gasteiger partial charge on any atom is -0.493 e. The summed E-state index contributed by atoms with van der Waals surface area (Å²) < 4.78 is 25.5. The molecule has 2 aromatic heterocycles. The number of ether oxygens (including phenoxy) is 1. The third kappa shape index (κ3) is 5.73. The Morgan fingerprint density at radius 1 is 1.22 bits per heavy atom. The highest BCUT2D eigenvalue weighted by Gasteiger charge is 2.22. The summed E-state index contributed by atoms with van der Waals surface area (Å²) in [5.74, 6) is 2.61. The van der Waals surface area contributed by atoms with E-state index >= 15 is 0 Å². The van der Waals surface area contributed by atoms with Crippen LogP contribution < -0.4 is 9.64 Å². The summed E-state index contributed by atoms with van der Waals surface area (Å²) in [4.78, 5) is 10.8. The van der Waals surface area contributed by atoms with Gasteiger partial charge < -0.3 is 14.1 Å². The fourth-order valence-corrected chi connectivity index (χ4v) is 4.16. The van der Waals surface area contributed by atoms with Crippen molar-refractivity contribution in [2.45, 2.75) is 39.5 Å². The van der Waals surface area contributed by atoms with Gasteiger partial charge in [-0.3, -0.25) is 0 Å². The second-order valence-corrected chi connectivity index (χ2v) is 8.81. The molecule has 1 saturated heterocycles. The summed E-state index contributed by atoms with van der Waals surface area (Å²) in [5.41, 5.74) is 0.279. The molecule has 0 amide bonds. The zero-order valence-corrected chi connectivity index (χ0v) is 19.1. The van der Waals surface area contributed by atoms with Crippen LogP contribution in [0.4, 0.5) is 10.3 Å². The lowest BCUT2D eigenvalue weighted by molar-refractivity contribution is 0.251. The number of hydrogen-bond acceptors (Lipinski definition) is 7. The largest absolute Gasteiger partial charge is 0.493 e. The second kappa shape index (κ2) is 10.3. The van der Waals surface area contributed by atoms with Gasteiger partial charge in [0.2, 0.25) is 11.8 Å². The lowest BCUT2D eigenvalue weighted by Crippen LogP contribution is -2.35. The van der Waals surface area contributed by atoms with Gasteiger partial charge in [0.15, 0.2) is 0 Å². The highest BCUT2D eigenvalue weighted by atomic mass is 35.5. The monoisotopic (exact) mass is 459 g/mol. The number of aryl methyl sites for hydroxylation is 1. The molecule has 1 fully saturated rings. The summed E-state index contributed by atoms with van der Waals surface area (Å²) in [6, 6.07) is 4.71. The number of aromatic nitrogens is 4. The van der Waals surface area contributed by atoms with E-state index in [2.05, 4.69) is 32.0 Å². The van der Waals surface area contributed by atoms with Gasteiger partial charge in [-0.15, -0.1) is 10.2 Å². The van der Waals surface area contributed by atoms with E-state index < -0.39 is 5.82 Å². The van der Waals surface area contributed by atoms with E-state index in [1.165, 1.54) is 6.07 Å². The Kier molecular flexibility index (Phi) is 7.19. The van der Waals surface area contributed by atoms with Crippen molar-refractivity contribution in [2.24, 2.45) is 11.8 Å². The summed E-state index contributed by atoms with van der Waals surface area (Å²) >= 11 is 5.87. The first-order valence-electron chi connectivity index (χ1n) is 10.9. The number of piperidine rings is 1. The van der Waals surface area contributed by atoms with E-state index in [-0.39, 0.29) is 11.5 Å². The molecule has 1 aliphatic heterocycles. The molecule has 0 spiro atoms. The van der Waals surface area contributed by atoms with E-state index in [1.54, 1.807) is 31.5 Å². The zero-order chi connectivity index (χ0) is 22.5. The van der Waals surface area contributed by atoms with Gasteiger partial charge in [0.25, 0.3) is 5.89 Å². The summed E-state index contributed by atoms with van der Waals surface area (Å²) in [6.07, 6.45) is 7.61. The molecular weight excluding hydrogens is 433 g/mol. The molecule has 170 valence electrons. The predicted octanol–water partition coefficient (Wildman–Crippen LogP) is 5.34.